The van der Waals surface area contributed by atoms with E-state index in [1.165, 1.54) is 6.08 Å². The number of aromatic nitrogens is 1. The first-order valence-corrected chi connectivity index (χ1v) is 7.90. The maximum Gasteiger partial charge on any atom is 0.243 e. The van der Waals surface area contributed by atoms with Crippen LogP contribution >= 0.6 is 0 Å². The van der Waals surface area contributed by atoms with Crippen LogP contribution in [0.15, 0.2) is 55.1 Å². The molecule has 0 aliphatic heterocycles. The number of fused-ring (bicyclic) bond motifs is 2. The first-order chi connectivity index (χ1) is 11.7. The van der Waals surface area contributed by atoms with Crippen LogP contribution in [0.2, 0.25) is 0 Å². The second kappa shape index (κ2) is 7.00. The number of hydrogen-bond acceptors (Lipinski definition) is 4. The molecule has 0 saturated heterocycles. The third kappa shape index (κ3) is 3.63. The quantitative estimate of drug-likeness (QED) is 0.282. The SMILES string of the molecule is C=CC(=O)NCCCNc1ccc2cc3ccc(N)cc3nc2c1. The number of carbonyl (C=O) groups excluding carboxylic acids is 1. The van der Waals surface area contributed by atoms with Crippen molar-refractivity contribution in [2.75, 3.05) is 24.1 Å². The van der Waals surface area contributed by atoms with Gasteiger partial charge in [-0.05, 0) is 42.8 Å². The van der Waals surface area contributed by atoms with Crippen LogP contribution in [0, 0.1) is 0 Å². The summed E-state index contributed by atoms with van der Waals surface area (Å²) in [6.45, 7) is 4.81. The van der Waals surface area contributed by atoms with Crippen molar-refractivity contribution in [3.63, 3.8) is 0 Å². The topological polar surface area (TPSA) is 80.0 Å². The van der Waals surface area contributed by atoms with Crippen molar-refractivity contribution in [2.24, 2.45) is 0 Å². The van der Waals surface area contributed by atoms with E-state index in [4.69, 9.17) is 5.73 Å². The van der Waals surface area contributed by atoms with E-state index in [0.717, 1.165) is 40.5 Å². The van der Waals surface area contributed by atoms with E-state index in [9.17, 15) is 4.79 Å². The molecule has 1 aromatic heterocycles. The minimum absolute atomic E-state index is 0.143. The Morgan fingerprint density at radius 1 is 1.08 bits per heavy atom. The Morgan fingerprint density at radius 3 is 2.62 bits per heavy atom. The molecular formula is C19H20N4O. The maximum absolute atomic E-state index is 11.1. The highest BCUT2D eigenvalue weighted by atomic mass is 16.1. The molecule has 2 aromatic carbocycles. The Kier molecular flexibility index (Phi) is 4.61. The molecule has 122 valence electrons. The second-order valence-corrected chi connectivity index (χ2v) is 5.62. The third-order valence-corrected chi connectivity index (χ3v) is 3.80. The molecule has 0 unspecified atom stereocenters. The second-order valence-electron chi connectivity index (χ2n) is 5.62. The van der Waals surface area contributed by atoms with Crippen molar-refractivity contribution in [3.05, 3.63) is 55.1 Å². The van der Waals surface area contributed by atoms with Crippen molar-refractivity contribution >= 4 is 39.1 Å². The van der Waals surface area contributed by atoms with Crippen LogP contribution in [0.25, 0.3) is 21.8 Å². The molecule has 0 radical (unpaired) electrons. The Labute approximate surface area is 140 Å². The summed E-state index contributed by atoms with van der Waals surface area (Å²) in [7, 11) is 0. The molecule has 0 fully saturated rings. The zero-order chi connectivity index (χ0) is 16.9. The summed E-state index contributed by atoms with van der Waals surface area (Å²) in [4.78, 5) is 15.7. The Bertz CT molecular complexity index is 904. The van der Waals surface area contributed by atoms with Gasteiger partial charge in [-0.25, -0.2) is 4.98 Å². The molecule has 3 aromatic rings. The summed E-state index contributed by atoms with van der Waals surface area (Å²) in [5.74, 6) is -0.143. The van der Waals surface area contributed by atoms with Gasteiger partial charge in [0, 0.05) is 35.2 Å². The largest absolute Gasteiger partial charge is 0.399 e. The molecule has 0 aliphatic carbocycles. The molecular weight excluding hydrogens is 300 g/mol. The summed E-state index contributed by atoms with van der Waals surface area (Å²) in [5.41, 5.74) is 9.38. The number of rotatable bonds is 6. The number of nitrogens with zero attached hydrogens (tertiary/aromatic N) is 1. The number of hydrogen-bond donors (Lipinski definition) is 3. The number of nitrogens with one attached hydrogen (secondary N) is 2. The lowest BCUT2D eigenvalue weighted by Crippen LogP contribution is -2.23. The van der Waals surface area contributed by atoms with E-state index in [1.807, 2.05) is 30.3 Å². The number of nitrogens with two attached hydrogens (primary N) is 1. The van der Waals surface area contributed by atoms with Gasteiger partial charge in [0.1, 0.15) is 0 Å². The van der Waals surface area contributed by atoms with Crippen molar-refractivity contribution < 1.29 is 4.79 Å². The van der Waals surface area contributed by atoms with Crippen LogP contribution in [0.4, 0.5) is 11.4 Å². The predicted molar refractivity (Wildman–Crippen MR) is 100.0 cm³/mol. The molecule has 1 amide bonds. The monoisotopic (exact) mass is 320 g/mol. The highest BCUT2D eigenvalue weighted by Gasteiger charge is 2.02. The minimum atomic E-state index is -0.143. The lowest BCUT2D eigenvalue weighted by Gasteiger charge is -2.08. The van der Waals surface area contributed by atoms with Gasteiger partial charge in [-0.1, -0.05) is 18.7 Å². The maximum atomic E-state index is 11.1. The fourth-order valence-electron chi connectivity index (χ4n) is 2.55. The number of nitrogen functional groups attached to an aromatic ring is 1. The fourth-order valence-corrected chi connectivity index (χ4v) is 2.55. The Hall–Kier alpha value is -3.08. The highest BCUT2D eigenvalue weighted by molar-refractivity contribution is 5.95. The number of amides is 1. The summed E-state index contributed by atoms with van der Waals surface area (Å²) >= 11 is 0. The number of benzene rings is 2. The molecule has 0 saturated carbocycles. The smallest absolute Gasteiger partial charge is 0.243 e. The van der Waals surface area contributed by atoms with E-state index in [2.05, 4.69) is 34.3 Å². The van der Waals surface area contributed by atoms with Crippen LogP contribution in [0.3, 0.4) is 0 Å². The normalized spacial score (nSPS) is 10.7. The molecule has 0 spiro atoms. The average molecular weight is 320 g/mol. The first kappa shape index (κ1) is 15.8. The van der Waals surface area contributed by atoms with Gasteiger partial charge in [0.25, 0.3) is 0 Å². The van der Waals surface area contributed by atoms with Gasteiger partial charge in [-0.15, -0.1) is 0 Å². The summed E-state index contributed by atoms with van der Waals surface area (Å²) in [5, 5.41) is 8.27. The Morgan fingerprint density at radius 2 is 1.83 bits per heavy atom. The molecule has 3 rings (SSSR count). The fraction of sp³-hybridized carbons (Fsp3) is 0.158. The molecule has 4 N–H and O–H groups in total. The van der Waals surface area contributed by atoms with E-state index in [0.29, 0.717) is 12.2 Å². The minimum Gasteiger partial charge on any atom is -0.399 e. The summed E-state index contributed by atoms with van der Waals surface area (Å²) in [6.07, 6.45) is 2.11. The average Bonchev–Trinajstić information content (AvgIpc) is 2.59. The van der Waals surface area contributed by atoms with Gasteiger partial charge in [0.2, 0.25) is 5.91 Å². The standard InChI is InChI=1S/C19H20N4O/c1-2-19(24)22-9-3-8-21-16-7-5-14-10-13-4-6-15(20)11-17(13)23-18(14)12-16/h2,4-7,10-12,21H,1,3,8-9,20H2,(H,22,24). The van der Waals surface area contributed by atoms with Crippen LogP contribution in [0.5, 0.6) is 0 Å². The van der Waals surface area contributed by atoms with Crippen LogP contribution in [-0.4, -0.2) is 24.0 Å². The summed E-state index contributed by atoms with van der Waals surface area (Å²) < 4.78 is 0. The number of pyridine rings is 1. The first-order valence-electron chi connectivity index (χ1n) is 7.90. The molecule has 0 atom stereocenters. The molecule has 0 bridgehead atoms. The van der Waals surface area contributed by atoms with E-state index in [-0.39, 0.29) is 5.91 Å². The highest BCUT2D eigenvalue weighted by Crippen LogP contribution is 2.23. The van der Waals surface area contributed by atoms with Gasteiger partial charge < -0.3 is 16.4 Å². The molecule has 5 heteroatoms. The zero-order valence-corrected chi connectivity index (χ0v) is 13.4. The van der Waals surface area contributed by atoms with Crippen molar-refractivity contribution in [3.8, 4) is 0 Å². The molecule has 24 heavy (non-hydrogen) atoms. The van der Waals surface area contributed by atoms with Crippen LogP contribution < -0.4 is 16.4 Å². The van der Waals surface area contributed by atoms with E-state index < -0.39 is 0 Å². The summed E-state index contributed by atoms with van der Waals surface area (Å²) in [6, 6.07) is 14.0. The lowest BCUT2D eigenvalue weighted by atomic mass is 10.1. The van der Waals surface area contributed by atoms with Crippen molar-refractivity contribution in [1.82, 2.24) is 10.3 Å². The molecule has 1 heterocycles. The van der Waals surface area contributed by atoms with Gasteiger partial charge in [0.15, 0.2) is 0 Å². The van der Waals surface area contributed by atoms with Gasteiger partial charge in [0.05, 0.1) is 11.0 Å². The third-order valence-electron chi connectivity index (χ3n) is 3.80. The molecule has 5 nitrogen and oxygen atoms in total. The van der Waals surface area contributed by atoms with Gasteiger partial charge in [-0.2, -0.15) is 0 Å². The van der Waals surface area contributed by atoms with Gasteiger partial charge in [-0.3, -0.25) is 4.79 Å². The predicted octanol–water partition coefficient (Wildman–Crippen LogP) is 3.07. The van der Waals surface area contributed by atoms with E-state index in [1.54, 1.807) is 0 Å². The van der Waals surface area contributed by atoms with E-state index >= 15 is 0 Å². The Balaban J connectivity index is 1.70. The van der Waals surface area contributed by atoms with Crippen molar-refractivity contribution in [1.29, 1.82) is 0 Å². The zero-order valence-electron chi connectivity index (χ0n) is 13.4. The number of carbonyl (C=O) groups is 1. The van der Waals surface area contributed by atoms with Crippen LogP contribution in [0.1, 0.15) is 6.42 Å². The van der Waals surface area contributed by atoms with Gasteiger partial charge >= 0.3 is 0 Å². The molecule has 0 aliphatic rings. The lowest BCUT2D eigenvalue weighted by molar-refractivity contribution is -0.116. The van der Waals surface area contributed by atoms with Crippen LogP contribution in [-0.2, 0) is 4.79 Å². The van der Waals surface area contributed by atoms with Crippen molar-refractivity contribution in [2.45, 2.75) is 6.42 Å². The number of anilines is 2.